The van der Waals surface area contributed by atoms with Crippen molar-refractivity contribution in [3.63, 3.8) is 0 Å². The van der Waals surface area contributed by atoms with Crippen molar-refractivity contribution in [2.75, 3.05) is 5.32 Å². The van der Waals surface area contributed by atoms with Gasteiger partial charge in [-0.15, -0.1) is 0 Å². The Kier molecular flexibility index (Phi) is 4.32. The SMILES string of the molecule is Cc1nc2c(NCc3cccc(Oc4ccccc4)c3)cccn2c1C. The molecule has 0 bridgehead atoms. The van der Waals surface area contributed by atoms with Gasteiger partial charge in [-0.25, -0.2) is 4.98 Å². The molecule has 0 amide bonds. The first-order chi connectivity index (χ1) is 12.7. The van der Waals surface area contributed by atoms with Gasteiger partial charge in [0, 0.05) is 18.4 Å². The molecule has 2 heterocycles. The van der Waals surface area contributed by atoms with Crippen molar-refractivity contribution in [1.82, 2.24) is 9.38 Å². The van der Waals surface area contributed by atoms with Crippen LogP contribution in [0.15, 0.2) is 72.9 Å². The molecule has 2 aromatic heterocycles. The lowest BCUT2D eigenvalue weighted by Gasteiger charge is -2.10. The number of rotatable bonds is 5. The van der Waals surface area contributed by atoms with Gasteiger partial charge in [-0.05, 0) is 55.8 Å². The van der Waals surface area contributed by atoms with E-state index in [9.17, 15) is 0 Å². The molecule has 1 N–H and O–H groups in total. The second-order valence-electron chi connectivity index (χ2n) is 6.31. The van der Waals surface area contributed by atoms with Gasteiger partial charge in [0.15, 0.2) is 5.65 Å². The first-order valence-corrected chi connectivity index (χ1v) is 8.71. The van der Waals surface area contributed by atoms with Gasteiger partial charge in [-0.2, -0.15) is 0 Å². The molecule has 0 fully saturated rings. The van der Waals surface area contributed by atoms with Crippen molar-refractivity contribution < 1.29 is 4.74 Å². The largest absolute Gasteiger partial charge is 0.457 e. The highest BCUT2D eigenvalue weighted by Gasteiger charge is 2.08. The van der Waals surface area contributed by atoms with Crippen molar-refractivity contribution in [2.24, 2.45) is 0 Å². The van der Waals surface area contributed by atoms with Gasteiger partial charge in [0.2, 0.25) is 0 Å². The van der Waals surface area contributed by atoms with Gasteiger partial charge < -0.3 is 14.5 Å². The highest BCUT2D eigenvalue weighted by atomic mass is 16.5. The Labute approximate surface area is 153 Å². The summed E-state index contributed by atoms with van der Waals surface area (Å²) in [5, 5.41) is 3.50. The molecule has 0 atom stereocenters. The number of pyridine rings is 1. The first-order valence-electron chi connectivity index (χ1n) is 8.71. The normalized spacial score (nSPS) is 10.8. The number of benzene rings is 2. The third-order valence-electron chi connectivity index (χ3n) is 4.49. The molecule has 4 rings (SSSR count). The highest BCUT2D eigenvalue weighted by molar-refractivity contribution is 5.68. The molecule has 4 aromatic rings. The van der Waals surface area contributed by atoms with Crippen LogP contribution >= 0.6 is 0 Å². The maximum Gasteiger partial charge on any atom is 0.160 e. The lowest BCUT2D eigenvalue weighted by atomic mass is 10.2. The van der Waals surface area contributed by atoms with Crippen LogP contribution in [0.25, 0.3) is 5.65 Å². The molecule has 0 aliphatic rings. The molecular formula is C22H21N3O. The van der Waals surface area contributed by atoms with E-state index in [0.717, 1.165) is 34.1 Å². The molecule has 2 aromatic carbocycles. The van der Waals surface area contributed by atoms with Gasteiger partial charge in [-0.3, -0.25) is 0 Å². The highest BCUT2D eigenvalue weighted by Crippen LogP contribution is 2.23. The van der Waals surface area contributed by atoms with Crippen LogP contribution in [0.3, 0.4) is 0 Å². The summed E-state index contributed by atoms with van der Waals surface area (Å²) in [5.74, 6) is 1.67. The molecule has 0 saturated heterocycles. The Bertz CT molecular complexity index is 1040. The van der Waals surface area contributed by atoms with Crippen LogP contribution in [0.5, 0.6) is 11.5 Å². The Hall–Kier alpha value is -3.27. The number of imidazole rings is 1. The number of para-hydroxylation sites is 1. The maximum atomic E-state index is 5.92. The minimum atomic E-state index is 0.705. The molecular weight excluding hydrogens is 322 g/mol. The van der Waals surface area contributed by atoms with Crippen molar-refractivity contribution in [2.45, 2.75) is 20.4 Å². The molecule has 4 heteroatoms. The number of anilines is 1. The molecule has 26 heavy (non-hydrogen) atoms. The number of nitrogens with zero attached hydrogens (tertiary/aromatic N) is 2. The van der Waals surface area contributed by atoms with Crippen molar-refractivity contribution in [3.05, 3.63) is 89.9 Å². The number of ether oxygens (including phenoxy) is 1. The minimum absolute atomic E-state index is 0.705. The first kappa shape index (κ1) is 16.2. The number of aromatic nitrogens is 2. The summed E-state index contributed by atoms with van der Waals surface area (Å²) in [6.07, 6.45) is 2.05. The summed E-state index contributed by atoms with van der Waals surface area (Å²) >= 11 is 0. The van der Waals surface area contributed by atoms with Gasteiger partial charge >= 0.3 is 0 Å². The predicted octanol–water partition coefficient (Wildman–Crippen LogP) is 5.36. The van der Waals surface area contributed by atoms with Crippen LogP contribution in [-0.2, 0) is 6.54 Å². The van der Waals surface area contributed by atoms with Gasteiger partial charge in [0.25, 0.3) is 0 Å². The number of hydrogen-bond acceptors (Lipinski definition) is 3. The monoisotopic (exact) mass is 343 g/mol. The Morgan fingerprint density at radius 2 is 1.73 bits per heavy atom. The topological polar surface area (TPSA) is 38.6 Å². The van der Waals surface area contributed by atoms with Crippen LogP contribution < -0.4 is 10.1 Å². The summed E-state index contributed by atoms with van der Waals surface area (Å²) in [6.45, 7) is 4.83. The van der Waals surface area contributed by atoms with Crippen molar-refractivity contribution >= 4 is 11.3 Å². The Morgan fingerprint density at radius 3 is 2.58 bits per heavy atom. The van der Waals surface area contributed by atoms with Crippen LogP contribution in [-0.4, -0.2) is 9.38 Å². The zero-order valence-corrected chi connectivity index (χ0v) is 14.9. The number of nitrogens with one attached hydrogen (secondary N) is 1. The van der Waals surface area contributed by atoms with E-state index in [2.05, 4.69) is 39.8 Å². The van der Waals surface area contributed by atoms with E-state index in [1.165, 1.54) is 5.69 Å². The van der Waals surface area contributed by atoms with Crippen LogP contribution in [0, 0.1) is 13.8 Å². The lowest BCUT2D eigenvalue weighted by molar-refractivity contribution is 0.482. The van der Waals surface area contributed by atoms with E-state index >= 15 is 0 Å². The quantitative estimate of drug-likeness (QED) is 0.530. The fourth-order valence-corrected chi connectivity index (χ4v) is 2.98. The number of aryl methyl sites for hydroxylation is 2. The smallest absolute Gasteiger partial charge is 0.160 e. The second kappa shape index (κ2) is 6.92. The summed E-state index contributed by atoms with van der Waals surface area (Å²) in [4.78, 5) is 4.67. The molecule has 130 valence electrons. The number of hydrogen-bond donors (Lipinski definition) is 1. The maximum absolute atomic E-state index is 5.92. The van der Waals surface area contributed by atoms with Crippen molar-refractivity contribution in [1.29, 1.82) is 0 Å². The van der Waals surface area contributed by atoms with Crippen LogP contribution in [0.1, 0.15) is 17.0 Å². The Morgan fingerprint density at radius 1 is 0.923 bits per heavy atom. The molecule has 0 spiro atoms. The second-order valence-corrected chi connectivity index (χ2v) is 6.31. The van der Waals surface area contributed by atoms with Crippen LogP contribution in [0.2, 0.25) is 0 Å². The number of fused-ring (bicyclic) bond motifs is 1. The van der Waals surface area contributed by atoms with E-state index in [-0.39, 0.29) is 0 Å². The molecule has 0 aliphatic carbocycles. The van der Waals surface area contributed by atoms with E-state index in [4.69, 9.17) is 4.74 Å². The molecule has 0 unspecified atom stereocenters. The molecule has 0 saturated carbocycles. The predicted molar refractivity (Wildman–Crippen MR) is 105 cm³/mol. The fraction of sp³-hybridized carbons (Fsp3) is 0.136. The summed E-state index contributed by atoms with van der Waals surface area (Å²) in [5.41, 5.74) is 5.36. The summed E-state index contributed by atoms with van der Waals surface area (Å²) in [6, 6.07) is 22.1. The molecule has 0 aliphatic heterocycles. The summed E-state index contributed by atoms with van der Waals surface area (Å²) < 4.78 is 8.03. The lowest BCUT2D eigenvalue weighted by Crippen LogP contribution is -2.02. The minimum Gasteiger partial charge on any atom is -0.457 e. The average Bonchev–Trinajstić information content (AvgIpc) is 2.96. The zero-order chi connectivity index (χ0) is 17.9. The third kappa shape index (κ3) is 3.26. The van der Waals surface area contributed by atoms with Crippen molar-refractivity contribution in [3.8, 4) is 11.5 Å². The molecule has 4 nitrogen and oxygen atoms in total. The third-order valence-corrected chi connectivity index (χ3v) is 4.49. The molecule has 0 radical (unpaired) electrons. The van der Waals surface area contributed by atoms with Crippen LogP contribution in [0.4, 0.5) is 5.69 Å². The van der Waals surface area contributed by atoms with E-state index < -0.39 is 0 Å². The van der Waals surface area contributed by atoms with Gasteiger partial charge in [0.05, 0.1) is 11.4 Å². The van der Waals surface area contributed by atoms with Gasteiger partial charge in [0.1, 0.15) is 11.5 Å². The standard InChI is InChI=1S/C22H21N3O/c1-16-17(2)25-13-7-12-21(22(25)24-16)23-15-18-8-6-11-20(14-18)26-19-9-4-3-5-10-19/h3-14,23H,15H2,1-2H3. The summed E-state index contributed by atoms with van der Waals surface area (Å²) in [7, 11) is 0. The van der Waals surface area contributed by atoms with E-state index in [1.807, 2.05) is 61.7 Å². The zero-order valence-electron chi connectivity index (χ0n) is 14.9. The Balaban J connectivity index is 1.52. The van der Waals surface area contributed by atoms with E-state index in [0.29, 0.717) is 6.54 Å². The van der Waals surface area contributed by atoms with Gasteiger partial charge in [-0.1, -0.05) is 30.3 Å². The van der Waals surface area contributed by atoms with E-state index in [1.54, 1.807) is 0 Å². The average molecular weight is 343 g/mol. The fourth-order valence-electron chi connectivity index (χ4n) is 2.98.